The van der Waals surface area contributed by atoms with Gasteiger partial charge in [-0.25, -0.2) is 0 Å². The van der Waals surface area contributed by atoms with E-state index in [1.165, 1.54) is 22.3 Å². The first-order valence-electron chi connectivity index (χ1n) is 21.1. The molecule has 1 unspecified atom stereocenters. The second-order valence-corrected chi connectivity index (χ2v) is 16.3. The molecule has 3 heterocycles. The number of rotatable bonds is 7. The molecule has 0 N–H and O–H groups in total. The zero-order valence-corrected chi connectivity index (χ0v) is 38.3. The summed E-state index contributed by atoms with van der Waals surface area (Å²) < 4.78 is 34.9. The fourth-order valence-corrected chi connectivity index (χ4v) is 8.31. The molecule has 318 valence electrons. The van der Waals surface area contributed by atoms with Crippen LogP contribution in [0.3, 0.4) is 0 Å². The quantitative estimate of drug-likeness (QED) is 0.149. The van der Waals surface area contributed by atoms with Crippen molar-refractivity contribution in [1.82, 2.24) is 9.55 Å². The van der Waals surface area contributed by atoms with E-state index in [1.54, 1.807) is 42.6 Å². The number of nitrogens with zero attached hydrogens (tertiary/aromatic N) is 5. The van der Waals surface area contributed by atoms with Crippen LogP contribution in [-0.2, 0) is 20.1 Å². The zero-order valence-electron chi connectivity index (χ0n) is 35.9. The van der Waals surface area contributed by atoms with Gasteiger partial charge in [0.25, 0.3) is 0 Å². The first-order valence-corrected chi connectivity index (χ1v) is 21.1. The number of aromatic nitrogens is 2. The molecule has 0 amide bonds. The zero-order chi connectivity index (χ0) is 44.5. The maximum Gasteiger partial charge on any atom is 3.00 e. The van der Waals surface area contributed by atoms with Crippen LogP contribution < -0.4 is 0 Å². The number of hydrogen-bond donors (Lipinski definition) is 0. The Labute approximate surface area is 390 Å². The van der Waals surface area contributed by atoms with E-state index in [2.05, 4.69) is 123 Å². The Hall–Kier alpha value is -7.42. The number of halogens is 2. The molecular formula is C56H40F2IrN5O. The van der Waals surface area contributed by atoms with Crippen LogP contribution in [-0.4, -0.2) is 9.55 Å². The van der Waals surface area contributed by atoms with E-state index < -0.39 is 11.6 Å². The smallest absolute Gasteiger partial charge is 0.683 e. The van der Waals surface area contributed by atoms with Gasteiger partial charge in [0.1, 0.15) is 5.58 Å². The number of para-hydroxylation sites is 2. The maximum absolute atomic E-state index is 13.2. The van der Waals surface area contributed by atoms with Gasteiger partial charge >= 0.3 is 20.1 Å². The maximum atomic E-state index is 13.2. The standard InChI is InChI=1S/C45H33N4O.C11H7F2N.Ir/c1-27(2)38-22-34(31-11-6-5-7-12-31)23-39(28(3)4)43(38)49-41-16-9-8-15-40(41)48-45(49)37-14-10-13-36-35-18-17-32(24-42(35)50-44(36)37)33-20-29(25-46)19-30(21-33)26-47;12-8-4-5-9(10(13)7-8)11-3-1-2-6-14-11;/h5-13,15-24,27-28H,1-4H3;1-4,6-7,11H;/q-1;-2;+3. The van der Waals surface area contributed by atoms with Crippen molar-refractivity contribution >= 4 is 33.0 Å². The van der Waals surface area contributed by atoms with E-state index in [4.69, 9.17) is 9.40 Å². The molecule has 7 aromatic carbocycles. The molecule has 0 aliphatic carbocycles. The van der Waals surface area contributed by atoms with E-state index in [-0.39, 0.29) is 43.5 Å². The van der Waals surface area contributed by atoms with Crippen molar-refractivity contribution in [2.24, 2.45) is 0 Å². The molecule has 0 spiro atoms. The summed E-state index contributed by atoms with van der Waals surface area (Å²) in [5.74, 6) is 0.0179. The van der Waals surface area contributed by atoms with Crippen LogP contribution in [0.5, 0.6) is 0 Å². The van der Waals surface area contributed by atoms with Gasteiger partial charge in [-0.3, -0.25) is 13.8 Å². The SMILES string of the molecule is CC(C)c1cc(-c2ccccc2)cc(C(C)C)c1-n1c(-c2[c-]ccc3c2oc2cc(-c4cc(C#N)cc(C#N)c4)ccc23)nc2ccccc21.Fc1c[c-]c(C2C=CC=C[N-]2)c(F)c1.[Ir+3]. The van der Waals surface area contributed by atoms with Crippen LogP contribution in [0.1, 0.15) is 73.4 Å². The Kier molecular flexibility index (Phi) is 12.7. The summed E-state index contributed by atoms with van der Waals surface area (Å²) >= 11 is 0. The molecule has 0 saturated carbocycles. The minimum Gasteiger partial charge on any atom is -0.683 e. The third kappa shape index (κ3) is 8.65. The molecule has 1 aliphatic rings. The molecule has 0 radical (unpaired) electrons. The van der Waals surface area contributed by atoms with Gasteiger partial charge in [-0.15, -0.1) is 35.9 Å². The van der Waals surface area contributed by atoms with Crippen molar-refractivity contribution in [3.63, 3.8) is 0 Å². The Bertz CT molecular complexity index is 3330. The summed E-state index contributed by atoms with van der Waals surface area (Å²) in [5, 5.41) is 25.1. The first-order chi connectivity index (χ1) is 31.1. The van der Waals surface area contributed by atoms with Crippen molar-refractivity contribution in [1.29, 1.82) is 10.5 Å². The van der Waals surface area contributed by atoms with E-state index in [0.29, 0.717) is 22.3 Å². The minimum absolute atomic E-state index is 0. The Balaban J connectivity index is 0.000000328. The van der Waals surface area contributed by atoms with Crippen molar-refractivity contribution in [2.45, 2.75) is 45.6 Å². The Morgan fingerprint density at radius 3 is 2.08 bits per heavy atom. The van der Waals surface area contributed by atoms with Crippen LogP contribution in [0, 0.1) is 46.4 Å². The van der Waals surface area contributed by atoms with Crippen molar-refractivity contribution in [3.05, 3.63) is 209 Å². The van der Waals surface area contributed by atoms with Gasteiger partial charge in [0, 0.05) is 22.7 Å². The van der Waals surface area contributed by atoms with Crippen molar-refractivity contribution < 1.29 is 33.3 Å². The molecule has 1 atom stereocenters. The summed E-state index contributed by atoms with van der Waals surface area (Å²) in [6.07, 6.45) is 6.83. The van der Waals surface area contributed by atoms with Gasteiger partial charge in [0.2, 0.25) is 0 Å². The van der Waals surface area contributed by atoms with Crippen molar-refractivity contribution in [2.75, 3.05) is 0 Å². The van der Waals surface area contributed by atoms with Gasteiger partial charge in [0.15, 0.2) is 0 Å². The topological polar surface area (TPSA) is 92.6 Å². The molecule has 0 bridgehead atoms. The van der Waals surface area contributed by atoms with Crippen LogP contribution in [0.25, 0.3) is 77.6 Å². The second kappa shape index (κ2) is 18.7. The molecule has 10 rings (SSSR count). The van der Waals surface area contributed by atoms with E-state index in [1.807, 2.05) is 36.4 Å². The van der Waals surface area contributed by atoms with Crippen LogP contribution >= 0.6 is 0 Å². The fourth-order valence-electron chi connectivity index (χ4n) is 8.31. The Morgan fingerprint density at radius 1 is 0.723 bits per heavy atom. The number of benzene rings is 7. The van der Waals surface area contributed by atoms with Crippen molar-refractivity contribution in [3.8, 4) is 51.5 Å². The summed E-state index contributed by atoms with van der Waals surface area (Å²) in [4.78, 5) is 5.27. The molecule has 65 heavy (non-hydrogen) atoms. The van der Waals surface area contributed by atoms with E-state index >= 15 is 0 Å². The second-order valence-electron chi connectivity index (χ2n) is 16.3. The minimum atomic E-state index is -0.624. The predicted octanol–water partition coefficient (Wildman–Crippen LogP) is 15.0. The van der Waals surface area contributed by atoms with Crippen LogP contribution in [0.4, 0.5) is 8.78 Å². The third-order valence-electron chi connectivity index (χ3n) is 11.4. The van der Waals surface area contributed by atoms with Gasteiger partial charge in [0.05, 0.1) is 45.7 Å². The number of furan rings is 1. The average Bonchev–Trinajstić information content (AvgIpc) is 3.90. The molecule has 9 aromatic rings. The average molecular weight is 1030 g/mol. The number of allylic oxidation sites excluding steroid dienone is 2. The number of fused-ring (bicyclic) bond motifs is 4. The largest absolute Gasteiger partial charge is 3.00 e. The molecule has 6 nitrogen and oxygen atoms in total. The summed E-state index contributed by atoms with van der Waals surface area (Å²) in [7, 11) is 0. The molecule has 2 aromatic heterocycles. The fraction of sp³-hybridized carbons (Fsp3) is 0.125. The summed E-state index contributed by atoms with van der Waals surface area (Å²) in [6.45, 7) is 9.02. The van der Waals surface area contributed by atoms with Gasteiger partial charge in [-0.2, -0.15) is 22.8 Å². The third-order valence-corrected chi connectivity index (χ3v) is 11.4. The number of imidazole rings is 1. The predicted molar refractivity (Wildman–Crippen MR) is 251 cm³/mol. The van der Waals surface area contributed by atoms with Gasteiger partial charge in [-0.05, 0) is 93.7 Å². The van der Waals surface area contributed by atoms with Crippen LogP contribution in [0.15, 0.2) is 156 Å². The molecule has 0 fully saturated rings. The molecule has 0 saturated heterocycles. The van der Waals surface area contributed by atoms with Gasteiger partial charge in [-0.1, -0.05) is 118 Å². The number of nitriles is 2. The normalized spacial score (nSPS) is 13.0. The summed E-state index contributed by atoms with van der Waals surface area (Å²) in [5.41, 5.74) is 13.0. The first kappa shape index (κ1) is 44.2. The molecular weight excluding hydrogens is 989 g/mol. The van der Waals surface area contributed by atoms with E-state index in [0.717, 1.165) is 62.1 Å². The monoisotopic (exact) mass is 1030 g/mol. The van der Waals surface area contributed by atoms with Gasteiger partial charge < -0.3 is 14.3 Å². The molecule has 9 heteroatoms. The Morgan fingerprint density at radius 2 is 1.42 bits per heavy atom. The van der Waals surface area contributed by atoms with Crippen LogP contribution in [0.2, 0.25) is 0 Å². The van der Waals surface area contributed by atoms with E-state index in [9.17, 15) is 19.3 Å². The molecule has 1 aliphatic heterocycles. The summed E-state index contributed by atoms with van der Waals surface area (Å²) in [6, 6.07) is 50.8. The number of hydrogen-bond acceptors (Lipinski definition) is 4.